The predicted octanol–water partition coefficient (Wildman–Crippen LogP) is 3.27. The molecule has 20 heavy (non-hydrogen) atoms. The van der Waals surface area contributed by atoms with E-state index < -0.39 is 0 Å². The molecule has 0 saturated heterocycles. The van der Waals surface area contributed by atoms with Gasteiger partial charge in [-0.3, -0.25) is 4.79 Å². The van der Waals surface area contributed by atoms with Crippen molar-refractivity contribution in [2.75, 3.05) is 5.32 Å². The van der Waals surface area contributed by atoms with E-state index in [1.165, 1.54) is 6.08 Å². The minimum Gasteiger partial charge on any atom is -0.307 e. The maximum absolute atomic E-state index is 11.9. The molecule has 1 unspecified atom stereocenters. The normalized spacial score (nSPS) is 12.8. The fourth-order valence-electron chi connectivity index (χ4n) is 1.72. The Morgan fingerprint density at radius 1 is 1.60 bits per heavy atom. The number of anilines is 1. The average Bonchev–Trinajstić information content (AvgIpc) is 3.04. The average molecular weight is 290 g/mol. The van der Waals surface area contributed by atoms with Gasteiger partial charge in [-0.05, 0) is 26.3 Å². The molecule has 2 aromatic heterocycles. The SMILES string of the molecule is CCC(C)n1nccc1NC(=O)/C=C/c1csc(C)n1. The van der Waals surface area contributed by atoms with Crippen molar-refractivity contribution in [3.05, 3.63) is 34.4 Å². The Kier molecular flexibility index (Phi) is 4.68. The molecule has 106 valence electrons. The van der Waals surface area contributed by atoms with Gasteiger partial charge in [0.2, 0.25) is 5.91 Å². The topological polar surface area (TPSA) is 59.8 Å². The van der Waals surface area contributed by atoms with Crippen LogP contribution in [0.5, 0.6) is 0 Å². The molecule has 0 aliphatic rings. The second kappa shape index (κ2) is 6.47. The number of carbonyl (C=O) groups is 1. The zero-order valence-electron chi connectivity index (χ0n) is 11.8. The molecule has 2 aromatic rings. The number of carbonyl (C=O) groups excluding carboxylic acids is 1. The number of nitrogens with one attached hydrogen (secondary N) is 1. The molecule has 0 radical (unpaired) electrons. The van der Waals surface area contributed by atoms with E-state index in [9.17, 15) is 4.79 Å². The molecule has 1 atom stereocenters. The van der Waals surface area contributed by atoms with Crippen molar-refractivity contribution >= 4 is 29.1 Å². The molecule has 2 rings (SSSR count). The highest BCUT2D eigenvalue weighted by Crippen LogP contribution is 2.16. The van der Waals surface area contributed by atoms with E-state index in [4.69, 9.17) is 0 Å². The van der Waals surface area contributed by atoms with Gasteiger partial charge in [0.25, 0.3) is 0 Å². The third-order valence-electron chi connectivity index (χ3n) is 2.97. The quantitative estimate of drug-likeness (QED) is 0.860. The largest absolute Gasteiger partial charge is 0.307 e. The minimum absolute atomic E-state index is 0.180. The van der Waals surface area contributed by atoms with Crippen LogP contribution in [0.15, 0.2) is 23.7 Å². The molecule has 0 aromatic carbocycles. The molecule has 1 N–H and O–H groups in total. The van der Waals surface area contributed by atoms with Gasteiger partial charge >= 0.3 is 0 Å². The summed E-state index contributed by atoms with van der Waals surface area (Å²) in [6.07, 6.45) is 5.85. The molecule has 1 amide bonds. The first kappa shape index (κ1) is 14.5. The molecule has 0 aliphatic carbocycles. The van der Waals surface area contributed by atoms with E-state index >= 15 is 0 Å². The maximum atomic E-state index is 11.9. The Morgan fingerprint density at radius 3 is 3.05 bits per heavy atom. The summed E-state index contributed by atoms with van der Waals surface area (Å²) in [5.74, 6) is 0.532. The number of thiazole rings is 1. The highest BCUT2D eigenvalue weighted by molar-refractivity contribution is 7.09. The van der Waals surface area contributed by atoms with Gasteiger partial charge in [-0.25, -0.2) is 9.67 Å². The first-order chi connectivity index (χ1) is 9.60. The number of aryl methyl sites for hydroxylation is 1. The first-order valence-corrected chi connectivity index (χ1v) is 7.42. The maximum Gasteiger partial charge on any atom is 0.249 e. The fraction of sp³-hybridized carbons (Fsp3) is 0.357. The molecule has 0 aliphatic heterocycles. The standard InChI is InChI=1S/C14H18N4OS/c1-4-10(2)18-13(7-8-15-18)17-14(19)6-5-12-9-20-11(3)16-12/h5-10H,4H2,1-3H3,(H,17,19)/b6-5+. The fourth-order valence-corrected chi connectivity index (χ4v) is 2.30. The summed E-state index contributed by atoms with van der Waals surface area (Å²) < 4.78 is 1.82. The van der Waals surface area contributed by atoms with E-state index in [1.54, 1.807) is 29.7 Å². The lowest BCUT2D eigenvalue weighted by atomic mass is 10.3. The summed E-state index contributed by atoms with van der Waals surface area (Å²) in [6, 6.07) is 2.05. The van der Waals surface area contributed by atoms with Gasteiger partial charge in [0.15, 0.2) is 0 Å². The number of hydrogen-bond donors (Lipinski definition) is 1. The lowest BCUT2D eigenvalue weighted by Gasteiger charge is -2.13. The smallest absolute Gasteiger partial charge is 0.249 e. The molecule has 6 heteroatoms. The molecule has 5 nitrogen and oxygen atoms in total. The minimum atomic E-state index is -0.180. The van der Waals surface area contributed by atoms with Gasteiger partial charge in [-0.15, -0.1) is 11.3 Å². The number of hydrogen-bond acceptors (Lipinski definition) is 4. The third-order valence-corrected chi connectivity index (χ3v) is 3.76. The highest BCUT2D eigenvalue weighted by atomic mass is 32.1. The van der Waals surface area contributed by atoms with Crippen molar-refractivity contribution in [3.8, 4) is 0 Å². The van der Waals surface area contributed by atoms with Crippen molar-refractivity contribution in [1.82, 2.24) is 14.8 Å². The monoisotopic (exact) mass is 290 g/mol. The molecule has 0 spiro atoms. The van der Waals surface area contributed by atoms with Gasteiger partial charge in [0.1, 0.15) is 5.82 Å². The van der Waals surface area contributed by atoms with Gasteiger partial charge in [-0.1, -0.05) is 6.92 Å². The molecular weight excluding hydrogens is 272 g/mol. The van der Waals surface area contributed by atoms with Crippen molar-refractivity contribution in [1.29, 1.82) is 0 Å². The molecular formula is C14H18N4OS. The number of amides is 1. The second-order valence-electron chi connectivity index (χ2n) is 4.53. The van der Waals surface area contributed by atoms with Crippen molar-refractivity contribution < 1.29 is 4.79 Å². The summed E-state index contributed by atoms with van der Waals surface area (Å²) >= 11 is 1.56. The van der Waals surface area contributed by atoms with Crippen LogP contribution in [0.2, 0.25) is 0 Å². The van der Waals surface area contributed by atoms with Gasteiger partial charge < -0.3 is 5.32 Å². The Morgan fingerprint density at radius 2 is 2.40 bits per heavy atom. The summed E-state index contributed by atoms with van der Waals surface area (Å²) in [6.45, 7) is 6.09. The summed E-state index contributed by atoms with van der Waals surface area (Å²) in [5, 5.41) is 9.97. The van der Waals surface area contributed by atoms with Crippen LogP contribution in [-0.4, -0.2) is 20.7 Å². The summed E-state index contributed by atoms with van der Waals surface area (Å²) in [7, 11) is 0. The van der Waals surface area contributed by atoms with Crippen molar-refractivity contribution in [2.24, 2.45) is 0 Å². The van der Waals surface area contributed by atoms with Crippen LogP contribution >= 0.6 is 11.3 Å². The van der Waals surface area contributed by atoms with Crippen LogP contribution in [0.1, 0.15) is 37.0 Å². The van der Waals surface area contributed by atoms with Gasteiger partial charge in [0, 0.05) is 17.5 Å². The zero-order valence-corrected chi connectivity index (χ0v) is 12.6. The lowest BCUT2D eigenvalue weighted by molar-refractivity contribution is -0.111. The molecule has 0 fully saturated rings. The number of rotatable bonds is 5. The van der Waals surface area contributed by atoms with E-state index in [2.05, 4.69) is 29.2 Å². The highest BCUT2D eigenvalue weighted by Gasteiger charge is 2.09. The Balaban J connectivity index is 2.01. The zero-order chi connectivity index (χ0) is 14.5. The Labute approximate surface area is 122 Å². The molecule has 2 heterocycles. The third kappa shape index (κ3) is 3.54. The van der Waals surface area contributed by atoms with Crippen LogP contribution < -0.4 is 5.32 Å². The van der Waals surface area contributed by atoms with Crippen LogP contribution in [-0.2, 0) is 4.79 Å². The molecule has 0 bridgehead atoms. The van der Waals surface area contributed by atoms with Crippen LogP contribution in [0.25, 0.3) is 6.08 Å². The molecule has 0 saturated carbocycles. The van der Waals surface area contributed by atoms with E-state index in [1.807, 2.05) is 17.0 Å². The Bertz CT molecular complexity index is 614. The summed E-state index contributed by atoms with van der Waals surface area (Å²) in [5.41, 5.74) is 0.804. The van der Waals surface area contributed by atoms with Crippen LogP contribution in [0.4, 0.5) is 5.82 Å². The Hall–Kier alpha value is -1.95. The lowest BCUT2D eigenvalue weighted by Crippen LogP contribution is -2.15. The van der Waals surface area contributed by atoms with Gasteiger partial charge in [-0.2, -0.15) is 5.10 Å². The van der Waals surface area contributed by atoms with Crippen LogP contribution in [0.3, 0.4) is 0 Å². The summed E-state index contributed by atoms with van der Waals surface area (Å²) in [4.78, 5) is 16.2. The van der Waals surface area contributed by atoms with Crippen molar-refractivity contribution in [3.63, 3.8) is 0 Å². The van der Waals surface area contributed by atoms with Gasteiger partial charge in [0.05, 0.1) is 22.9 Å². The van der Waals surface area contributed by atoms with E-state index in [0.29, 0.717) is 5.82 Å². The number of nitrogens with zero attached hydrogens (tertiary/aromatic N) is 3. The second-order valence-corrected chi connectivity index (χ2v) is 5.59. The van der Waals surface area contributed by atoms with Crippen LogP contribution in [0, 0.1) is 6.92 Å². The predicted molar refractivity (Wildman–Crippen MR) is 81.7 cm³/mol. The number of aromatic nitrogens is 3. The van der Waals surface area contributed by atoms with E-state index in [-0.39, 0.29) is 11.9 Å². The van der Waals surface area contributed by atoms with Crippen molar-refractivity contribution in [2.45, 2.75) is 33.2 Å². The first-order valence-electron chi connectivity index (χ1n) is 6.55. The van der Waals surface area contributed by atoms with E-state index in [0.717, 1.165) is 17.1 Å².